The molecule has 0 aliphatic rings. The van der Waals surface area contributed by atoms with Crippen LogP contribution in [0.5, 0.6) is 5.75 Å². The molecule has 0 aliphatic carbocycles. The highest BCUT2D eigenvalue weighted by molar-refractivity contribution is 7.21. The fourth-order valence-corrected chi connectivity index (χ4v) is 3.05. The molecule has 0 unspecified atom stereocenters. The maximum absolute atomic E-state index is 11.8. The van der Waals surface area contributed by atoms with E-state index in [9.17, 15) is 9.90 Å². The Morgan fingerprint density at radius 1 is 1.23 bits per heavy atom. The summed E-state index contributed by atoms with van der Waals surface area (Å²) in [6.45, 7) is 3.68. The molecular weight excluding hydrogens is 296 g/mol. The summed E-state index contributed by atoms with van der Waals surface area (Å²) in [5.74, 6) is 0.00208. The van der Waals surface area contributed by atoms with E-state index in [-0.39, 0.29) is 17.6 Å². The van der Waals surface area contributed by atoms with Gasteiger partial charge in [0.05, 0.1) is 15.8 Å². The lowest BCUT2D eigenvalue weighted by molar-refractivity contribution is -0.118. The molecule has 0 saturated carbocycles. The van der Waals surface area contributed by atoms with Gasteiger partial charge >= 0.3 is 0 Å². The van der Waals surface area contributed by atoms with Gasteiger partial charge in [0.25, 0.3) is 0 Å². The second-order valence-corrected chi connectivity index (χ2v) is 6.39. The van der Waals surface area contributed by atoms with E-state index in [1.54, 1.807) is 18.2 Å². The van der Waals surface area contributed by atoms with Gasteiger partial charge in [-0.3, -0.25) is 4.79 Å². The van der Waals surface area contributed by atoms with E-state index in [1.165, 1.54) is 11.3 Å². The summed E-state index contributed by atoms with van der Waals surface area (Å²) < 4.78 is 1.06. The number of hydrogen-bond acceptors (Lipinski definition) is 4. The molecule has 1 aromatic heterocycles. The van der Waals surface area contributed by atoms with Crippen LogP contribution < -0.4 is 5.32 Å². The van der Waals surface area contributed by atoms with Crippen LogP contribution in [0.15, 0.2) is 42.5 Å². The van der Waals surface area contributed by atoms with Crippen molar-refractivity contribution in [1.82, 2.24) is 4.98 Å². The number of para-hydroxylation sites is 1. The minimum Gasteiger partial charge on any atom is -0.507 e. The molecule has 2 aromatic carbocycles. The third-order valence-corrected chi connectivity index (χ3v) is 4.38. The molecule has 0 spiro atoms. The van der Waals surface area contributed by atoms with Crippen LogP contribution in [-0.4, -0.2) is 16.0 Å². The first-order valence-corrected chi connectivity index (χ1v) is 7.86. The number of aromatic nitrogens is 1. The highest BCUT2D eigenvalue weighted by atomic mass is 32.1. The average molecular weight is 312 g/mol. The number of phenols is 1. The molecule has 5 heteroatoms. The number of hydrogen-bond donors (Lipinski definition) is 2. The van der Waals surface area contributed by atoms with Gasteiger partial charge in [0.2, 0.25) is 5.91 Å². The molecule has 4 nitrogen and oxygen atoms in total. The number of nitrogens with zero attached hydrogens (tertiary/aromatic N) is 1. The summed E-state index contributed by atoms with van der Waals surface area (Å²) in [7, 11) is 0. The first-order valence-electron chi connectivity index (χ1n) is 7.04. The molecule has 0 atom stereocenters. The Morgan fingerprint density at radius 2 is 2.00 bits per heavy atom. The molecule has 112 valence electrons. The lowest BCUT2D eigenvalue weighted by Gasteiger charge is -2.09. The highest BCUT2D eigenvalue weighted by Gasteiger charge is 2.13. The number of amides is 1. The van der Waals surface area contributed by atoms with Gasteiger partial charge in [-0.15, -0.1) is 11.3 Å². The van der Waals surface area contributed by atoms with E-state index in [2.05, 4.69) is 10.3 Å². The van der Waals surface area contributed by atoms with Crippen LogP contribution in [-0.2, 0) is 4.79 Å². The number of aromatic hydroxyl groups is 1. The number of nitrogens with one attached hydrogen (secondary N) is 1. The second kappa shape index (κ2) is 5.77. The quantitative estimate of drug-likeness (QED) is 0.710. The Labute approximate surface area is 132 Å². The molecule has 1 amide bonds. The molecule has 0 saturated heterocycles. The first-order chi connectivity index (χ1) is 10.5. The van der Waals surface area contributed by atoms with E-state index in [1.807, 2.05) is 38.1 Å². The molecule has 1 heterocycles. The standard InChI is InChI=1S/C17H16N2O2S/c1-10(2)16(21)18-11-7-8-14(20)12(9-11)17-19-13-5-3-4-6-15(13)22-17/h3-10,20H,1-2H3,(H,18,21). The summed E-state index contributed by atoms with van der Waals surface area (Å²) in [6, 6.07) is 12.9. The summed E-state index contributed by atoms with van der Waals surface area (Å²) in [5, 5.41) is 13.7. The SMILES string of the molecule is CC(C)C(=O)Nc1ccc(O)c(-c2nc3ccccc3s2)c1. The molecular formula is C17H16N2O2S. The van der Waals surface area contributed by atoms with Crippen molar-refractivity contribution in [1.29, 1.82) is 0 Å². The summed E-state index contributed by atoms with van der Waals surface area (Å²) >= 11 is 1.51. The fraction of sp³-hybridized carbons (Fsp3) is 0.176. The van der Waals surface area contributed by atoms with Crippen molar-refractivity contribution in [2.75, 3.05) is 5.32 Å². The van der Waals surface area contributed by atoms with Crippen molar-refractivity contribution in [3.8, 4) is 16.3 Å². The fourth-order valence-electron chi connectivity index (χ4n) is 2.06. The summed E-state index contributed by atoms with van der Waals surface area (Å²) in [6.07, 6.45) is 0. The average Bonchev–Trinajstić information content (AvgIpc) is 2.92. The van der Waals surface area contributed by atoms with Crippen molar-refractivity contribution in [2.24, 2.45) is 5.92 Å². The number of anilines is 1. The van der Waals surface area contributed by atoms with Crippen LogP contribution in [0, 0.1) is 5.92 Å². The molecule has 3 rings (SSSR count). The zero-order chi connectivity index (χ0) is 15.7. The van der Waals surface area contributed by atoms with Crippen molar-refractivity contribution < 1.29 is 9.90 Å². The molecule has 3 aromatic rings. The van der Waals surface area contributed by atoms with Crippen LogP contribution in [0.2, 0.25) is 0 Å². The van der Waals surface area contributed by atoms with E-state index in [4.69, 9.17) is 0 Å². The van der Waals surface area contributed by atoms with Gasteiger partial charge in [-0.2, -0.15) is 0 Å². The number of thiazole rings is 1. The summed E-state index contributed by atoms with van der Waals surface area (Å²) in [4.78, 5) is 16.3. The number of rotatable bonds is 3. The van der Waals surface area contributed by atoms with Crippen LogP contribution in [0.3, 0.4) is 0 Å². The highest BCUT2D eigenvalue weighted by Crippen LogP contribution is 2.36. The number of phenolic OH excluding ortho intramolecular Hbond substituents is 1. The maximum Gasteiger partial charge on any atom is 0.226 e. The Kier molecular flexibility index (Phi) is 3.81. The zero-order valence-corrected chi connectivity index (χ0v) is 13.1. The minimum atomic E-state index is -0.0975. The van der Waals surface area contributed by atoms with E-state index in [0.29, 0.717) is 11.3 Å². The van der Waals surface area contributed by atoms with E-state index < -0.39 is 0 Å². The molecule has 2 N–H and O–H groups in total. The van der Waals surface area contributed by atoms with Gasteiger partial charge in [-0.25, -0.2) is 4.98 Å². The topological polar surface area (TPSA) is 62.2 Å². The summed E-state index contributed by atoms with van der Waals surface area (Å²) in [5.41, 5.74) is 2.19. The third kappa shape index (κ3) is 2.80. The minimum absolute atomic E-state index is 0.0547. The van der Waals surface area contributed by atoms with Crippen LogP contribution in [0.1, 0.15) is 13.8 Å². The number of carbonyl (C=O) groups is 1. The Balaban J connectivity index is 2.00. The van der Waals surface area contributed by atoms with Crippen LogP contribution in [0.4, 0.5) is 5.69 Å². The van der Waals surface area contributed by atoms with Gasteiger partial charge < -0.3 is 10.4 Å². The Morgan fingerprint density at radius 3 is 2.73 bits per heavy atom. The van der Waals surface area contributed by atoms with Crippen molar-refractivity contribution >= 4 is 33.1 Å². The third-order valence-electron chi connectivity index (χ3n) is 3.31. The molecule has 0 radical (unpaired) electrons. The predicted octanol–water partition coefficient (Wildman–Crippen LogP) is 4.26. The first kappa shape index (κ1) is 14.5. The van der Waals surface area contributed by atoms with Gasteiger partial charge in [-0.05, 0) is 30.3 Å². The lowest BCUT2D eigenvalue weighted by Crippen LogP contribution is -2.17. The number of benzene rings is 2. The van der Waals surface area contributed by atoms with Crippen molar-refractivity contribution in [3.05, 3.63) is 42.5 Å². The predicted molar refractivity (Wildman–Crippen MR) is 90.2 cm³/mol. The van der Waals surface area contributed by atoms with Crippen molar-refractivity contribution in [2.45, 2.75) is 13.8 Å². The Hall–Kier alpha value is -2.40. The molecule has 22 heavy (non-hydrogen) atoms. The maximum atomic E-state index is 11.8. The number of fused-ring (bicyclic) bond motifs is 1. The van der Waals surface area contributed by atoms with E-state index >= 15 is 0 Å². The van der Waals surface area contributed by atoms with Gasteiger partial charge in [0.1, 0.15) is 10.8 Å². The normalized spacial score (nSPS) is 11.0. The Bertz CT molecular complexity index is 807. The smallest absolute Gasteiger partial charge is 0.226 e. The second-order valence-electron chi connectivity index (χ2n) is 5.36. The van der Waals surface area contributed by atoms with E-state index in [0.717, 1.165) is 15.2 Å². The zero-order valence-electron chi connectivity index (χ0n) is 12.3. The molecule has 0 fully saturated rings. The van der Waals surface area contributed by atoms with Gasteiger partial charge in [0, 0.05) is 11.6 Å². The van der Waals surface area contributed by atoms with Crippen LogP contribution in [0.25, 0.3) is 20.8 Å². The van der Waals surface area contributed by atoms with Gasteiger partial charge in [-0.1, -0.05) is 26.0 Å². The number of carbonyl (C=O) groups excluding carboxylic acids is 1. The van der Waals surface area contributed by atoms with Crippen LogP contribution >= 0.6 is 11.3 Å². The largest absolute Gasteiger partial charge is 0.507 e. The monoisotopic (exact) mass is 312 g/mol. The lowest BCUT2D eigenvalue weighted by atomic mass is 10.1. The molecule has 0 bridgehead atoms. The van der Waals surface area contributed by atoms with Gasteiger partial charge in [0.15, 0.2) is 0 Å². The van der Waals surface area contributed by atoms with Crippen molar-refractivity contribution in [3.63, 3.8) is 0 Å². The molecule has 0 aliphatic heterocycles.